The van der Waals surface area contributed by atoms with E-state index in [0.29, 0.717) is 5.82 Å². The number of pyridine rings is 3. The molecule has 0 N–H and O–H groups in total. The first kappa shape index (κ1) is 32.5. The molecule has 0 saturated carbocycles. The van der Waals surface area contributed by atoms with Crippen molar-refractivity contribution in [3.8, 4) is 90.1 Å². The molecule has 254 valence electrons. The average Bonchev–Trinajstić information content (AvgIpc) is 3.27. The highest BCUT2D eigenvalue weighted by atomic mass is 14.9. The van der Waals surface area contributed by atoms with Crippen molar-refractivity contribution in [2.75, 3.05) is 0 Å². The minimum absolute atomic E-state index is 0.606. The van der Waals surface area contributed by atoms with Gasteiger partial charge >= 0.3 is 0 Å². The van der Waals surface area contributed by atoms with Gasteiger partial charge in [-0.25, -0.2) is 15.0 Å². The van der Waals surface area contributed by atoms with Gasteiger partial charge in [0.15, 0.2) is 5.82 Å². The van der Waals surface area contributed by atoms with Crippen LogP contribution in [0.2, 0.25) is 0 Å². The molecule has 4 heterocycles. The fraction of sp³-hybridized carbons (Fsp3) is 0. The summed E-state index contributed by atoms with van der Waals surface area (Å²) in [5, 5.41) is 0. The first-order chi connectivity index (χ1) is 26.7. The third kappa shape index (κ3) is 6.94. The summed E-state index contributed by atoms with van der Waals surface area (Å²) in [6.45, 7) is 0. The summed E-state index contributed by atoms with van der Waals surface area (Å²) in [5.74, 6) is 0.606. The fourth-order valence-corrected chi connectivity index (χ4v) is 6.61. The Morgan fingerprint density at radius 1 is 0.222 bits per heavy atom. The monoisotopic (exact) mass is 691 g/mol. The normalized spacial score (nSPS) is 11.0. The highest BCUT2D eigenvalue weighted by Gasteiger charge is 2.15. The van der Waals surface area contributed by atoms with Crippen LogP contribution in [0.1, 0.15) is 0 Å². The molecule has 0 radical (unpaired) electrons. The average molecular weight is 692 g/mol. The molecule has 5 nitrogen and oxygen atoms in total. The van der Waals surface area contributed by atoms with E-state index in [1.807, 2.05) is 60.7 Å². The van der Waals surface area contributed by atoms with Crippen LogP contribution in [0.5, 0.6) is 0 Å². The summed E-state index contributed by atoms with van der Waals surface area (Å²) in [6.07, 6.45) is 3.60. The third-order valence-corrected chi connectivity index (χ3v) is 9.44. The van der Waals surface area contributed by atoms with Gasteiger partial charge in [-0.3, -0.25) is 9.97 Å². The lowest BCUT2D eigenvalue weighted by Crippen LogP contribution is -1.98. The summed E-state index contributed by atoms with van der Waals surface area (Å²) < 4.78 is 0. The maximum Gasteiger partial charge on any atom is 0.160 e. The maximum atomic E-state index is 5.16. The van der Waals surface area contributed by atoms with Gasteiger partial charge < -0.3 is 0 Å². The second-order valence-corrected chi connectivity index (χ2v) is 13.0. The molecular weight excluding hydrogens is 659 g/mol. The van der Waals surface area contributed by atoms with Gasteiger partial charge in [-0.05, 0) is 75.8 Å². The molecule has 0 saturated heterocycles. The van der Waals surface area contributed by atoms with E-state index in [-0.39, 0.29) is 0 Å². The summed E-state index contributed by atoms with van der Waals surface area (Å²) >= 11 is 0. The first-order valence-electron chi connectivity index (χ1n) is 17.9. The molecule has 4 aromatic heterocycles. The summed E-state index contributed by atoms with van der Waals surface area (Å²) in [6, 6.07) is 64.3. The molecule has 54 heavy (non-hydrogen) atoms. The van der Waals surface area contributed by atoms with Gasteiger partial charge in [-0.1, -0.05) is 146 Å². The summed E-state index contributed by atoms with van der Waals surface area (Å²) in [7, 11) is 0. The molecule has 0 aliphatic heterocycles. The number of nitrogens with zero attached hydrogens (tertiary/aromatic N) is 5. The van der Waals surface area contributed by atoms with E-state index in [0.717, 1.165) is 73.1 Å². The quantitative estimate of drug-likeness (QED) is 0.159. The van der Waals surface area contributed by atoms with Gasteiger partial charge in [0, 0.05) is 29.1 Å². The Hall–Kier alpha value is -7.37. The zero-order chi connectivity index (χ0) is 36.1. The molecule has 0 aliphatic rings. The molecule has 9 aromatic rings. The highest BCUT2D eigenvalue weighted by molar-refractivity contribution is 5.78. The Bertz CT molecular complexity index is 2500. The van der Waals surface area contributed by atoms with Crippen molar-refractivity contribution >= 4 is 0 Å². The zero-order valence-corrected chi connectivity index (χ0v) is 29.3. The molecule has 0 spiro atoms. The van der Waals surface area contributed by atoms with E-state index in [2.05, 4.69) is 132 Å². The molecular formula is C49H33N5. The van der Waals surface area contributed by atoms with Crippen molar-refractivity contribution in [1.29, 1.82) is 0 Å². The highest BCUT2D eigenvalue weighted by Crippen LogP contribution is 2.33. The first-order valence-corrected chi connectivity index (χ1v) is 17.9. The predicted octanol–water partition coefficient (Wildman–Crippen LogP) is 12.0. The molecule has 5 heteroatoms. The number of aromatic nitrogens is 5. The van der Waals surface area contributed by atoms with E-state index in [1.54, 1.807) is 12.4 Å². The molecule has 0 unspecified atom stereocenters. The molecule has 9 rings (SSSR count). The smallest absolute Gasteiger partial charge is 0.160 e. The van der Waals surface area contributed by atoms with Crippen LogP contribution < -0.4 is 0 Å². The molecule has 0 aliphatic carbocycles. The third-order valence-electron chi connectivity index (χ3n) is 9.44. The van der Waals surface area contributed by atoms with Crippen LogP contribution in [0.25, 0.3) is 90.1 Å². The largest absolute Gasteiger partial charge is 0.255 e. The van der Waals surface area contributed by atoms with Gasteiger partial charge in [0.05, 0.1) is 34.2 Å². The van der Waals surface area contributed by atoms with Crippen molar-refractivity contribution < 1.29 is 0 Å². The second-order valence-electron chi connectivity index (χ2n) is 13.0. The minimum Gasteiger partial charge on any atom is -0.255 e. The Balaban J connectivity index is 1.15. The number of hydrogen-bond donors (Lipinski definition) is 0. The molecule has 0 fully saturated rings. The van der Waals surface area contributed by atoms with Gasteiger partial charge in [0.2, 0.25) is 0 Å². The molecule has 0 bridgehead atoms. The lowest BCUT2D eigenvalue weighted by molar-refractivity contribution is 1.17. The van der Waals surface area contributed by atoms with Crippen LogP contribution in [0.4, 0.5) is 0 Å². The van der Waals surface area contributed by atoms with Crippen LogP contribution in [-0.2, 0) is 0 Å². The zero-order valence-electron chi connectivity index (χ0n) is 29.3. The van der Waals surface area contributed by atoms with Crippen LogP contribution in [-0.4, -0.2) is 24.9 Å². The summed E-state index contributed by atoms with van der Waals surface area (Å²) in [4.78, 5) is 24.8. The van der Waals surface area contributed by atoms with Crippen molar-refractivity contribution in [3.05, 3.63) is 200 Å². The van der Waals surface area contributed by atoms with Crippen LogP contribution in [0.15, 0.2) is 200 Å². The SMILES string of the molecule is c1ccc(-c2ccc(-c3cc(-c4ccc(-c5ccccc5)cc4)nc(-c4ccnc(-c5cc(-c6ccccc6)cc(-c6ccccn6)n5)c4)n3)cc2)cc1. The van der Waals surface area contributed by atoms with E-state index < -0.39 is 0 Å². The lowest BCUT2D eigenvalue weighted by atomic mass is 10.0. The van der Waals surface area contributed by atoms with Gasteiger partial charge in [-0.2, -0.15) is 0 Å². The standard InChI is InChI=1S/C49H33N5/c1-4-12-34(13-5-1)37-19-23-39(24-20-37)44-33-45(40-25-21-38(22-26-40)35-14-6-2-7-15-35)54-49(53-44)41-27-29-51-46(30-41)48-32-42(36-16-8-3-9-17-36)31-47(52-48)43-18-10-11-28-50-43/h1-33H. The Morgan fingerprint density at radius 2 is 0.648 bits per heavy atom. The van der Waals surface area contributed by atoms with E-state index >= 15 is 0 Å². The van der Waals surface area contributed by atoms with Crippen LogP contribution in [0.3, 0.4) is 0 Å². The number of benzene rings is 5. The molecule has 0 amide bonds. The maximum absolute atomic E-state index is 5.16. The minimum atomic E-state index is 0.606. The topological polar surface area (TPSA) is 64.5 Å². The van der Waals surface area contributed by atoms with Crippen molar-refractivity contribution in [1.82, 2.24) is 24.9 Å². The van der Waals surface area contributed by atoms with E-state index in [9.17, 15) is 0 Å². The second kappa shape index (κ2) is 14.7. The number of hydrogen-bond acceptors (Lipinski definition) is 5. The van der Waals surface area contributed by atoms with E-state index in [4.69, 9.17) is 19.9 Å². The fourth-order valence-electron chi connectivity index (χ4n) is 6.61. The summed E-state index contributed by atoms with van der Waals surface area (Å²) in [5.41, 5.74) is 14.3. The van der Waals surface area contributed by atoms with Crippen molar-refractivity contribution in [2.45, 2.75) is 0 Å². The Kier molecular flexibility index (Phi) is 8.86. The van der Waals surface area contributed by atoms with Gasteiger partial charge in [-0.15, -0.1) is 0 Å². The molecule has 0 atom stereocenters. The predicted molar refractivity (Wildman–Crippen MR) is 219 cm³/mol. The Labute approximate surface area is 314 Å². The van der Waals surface area contributed by atoms with Crippen LogP contribution in [0, 0.1) is 0 Å². The van der Waals surface area contributed by atoms with Crippen molar-refractivity contribution in [2.24, 2.45) is 0 Å². The van der Waals surface area contributed by atoms with Gasteiger partial charge in [0.25, 0.3) is 0 Å². The van der Waals surface area contributed by atoms with Crippen LogP contribution >= 0.6 is 0 Å². The van der Waals surface area contributed by atoms with E-state index in [1.165, 1.54) is 11.1 Å². The number of rotatable bonds is 8. The Morgan fingerprint density at radius 3 is 1.17 bits per heavy atom. The lowest BCUT2D eigenvalue weighted by Gasteiger charge is -2.12. The van der Waals surface area contributed by atoms with Gasteiger partial charge in [0.1, 0.15) is 0 Å². The molecule has 5 aromatic carbocycles. The van der Waals surface area contributed by atoms with Crippen molar-refractivity contribution in [3.63, 3.8) is 0 Å².